The van der Waals surface area contributed by atoms with Crippen LogP contribution in [0.4, 0.5) is 0 Å². The van der Waals surface area contributed by atoms with Crippen LogP contribution < -0.4 is 0 Å². The van der Waals surface area contributed by atoms with Crippen LogP contribution in [-0.4, -0.2) is 39.4 Å². The van der Waals surface area contributed by atoms with Crippen LogP contribution in [0.25, 0.3) is 0 Å². The predicted molar refractivity (Wildman–Crippen MR) is 118 cm³/mol. The molecular formula is C22H22N4O3S. The number of carbonyl (C=O) groups is 2. The summed E-state index contributed by atoms with van der Waals surface area (Å²) >= 11 is 1.47. The van der Waals surface area contributed by atoms with Crippen LogP contribution in [0.5, 0.6) is 0 Å². The van der Waals surface area contributed by atoms with Crippen LogP contribution in [0.3, 0.4) is 0 Å². The quantitative estimate of drug-likeness (QED) is 0.544. The van der Waals surface area contributed by atoms with Crippen molar-refractivity contribution in [2.45, 2.75) is 40.0 Å². The highest BCUT2D eigenvalue weighted by atomic mass is 32.2. The van der Waals surface area contributed by atoms with Crippen molar-refractivity contribution in [3.05, 3.63) is 58.4 Å². The highest BCUT2D eigenvalue weighted by Gasteiger charge is 2.32. The number of allylic oxidation sites excluding steroid dienone is 3. The fraction of sp³-hybridized carbons (Fsp3) is 0.318. The number of carbonyl (C=O) groups excluding carboxylic acids is 2. The lowest BCUT2D eigenvalue weighted by atomic mass is 9.89. The van der Waals surface area contributed by atoms with Crippen LogP contribution in [0.2, 0.25) is 0 Å². The summed E-state index contributed by atoms with van der Waals surface area (Å²) in [7, 11) is 0. The minimum atomic E-state index is -0.461. The van der Waals surface area contributed by atoms with E-state index in [-0.39, 0.29) is 5.91 Å². The van der Waals surface area contributed by atoms with Crippen molar-refractivity contribution in [3.63, 3.8) is 0 Å². The van der Waals surface area contributed by atoms with Gasteiger partial charge < -0.3 is 4.74 Å². The van der Waals surface area contributed by atoms with Crippen LogP contribution in [0.1, 0.15) is 45.6 Å². The Balaban J connectivity index is 1.80. The lowest BCUT2D eigenvalue weighted by molar-refractivity contribution is -0.130. The van der Waals surface area contributed by atoms with E-state index >= 15 is 0 Å². The molecule has 1 amide bonds. The minimum Gasteiger partial charge on any atom is -0.402 e. The molecule has 2 heterocycles. The van der Waals surface area contributed by atoms with Gasteiger partial charge in [-0.15, -0.1) is 0 Å². The molecular weight excluding hydrogens is 400 g/mol. The van der Waals surface area contributed by atoms with E-state index in [2.05, 4.69) is 10.1 Å². The van der Waals surface area contributed by atoms with Crippen molar-refractivity contribution in [3.8, 4) is 0 Å². The number of esters is 1. The van der Waals surface area contributed by atoms with Crippen LogP contribution in [0.15, 0.2) is 68.0 Å². The Labute approximate surface area is 179 Å². The molecule has 30 heavy (non-hydrogen) atoms. The molecule has 0 radical (unpaired) electrons. The van der Waals surface area contributed by atoms with Crippen molar-refractivity contribution in [1.29, 1.82) is 0 Å². The number of ether oxygens (including phenoxy) is 1. The van der Waals surface area contributed by atoms with Crippen LogP contribution in [-0.2, 0) is 14.3 Å². The lowest BCUT2D eigenvalue weighted by Gasteiger charge is -2.28. The van der Waals surface area contributed by atoms with Crippen molar-refractivity contribution in [2.24, 2.45) is 15.1 Å². The Morgan fingerprint density at radius 2 is 1.93 bits per heavy atom. The lowest BCUT2D eigenvalue weighted by Crippen LogP contribution is -2.34. The van der Waals surface area contributed by atoms with Crippen molar-refractivity contribution < 1.29 is 14.3 Å². The second-order valence-corrected chi connectivity index (χ2v) is 8.26. The number of benzene rings is 1. The fourth-order valence-corrected chi connectivity index (χ4v) is 4.27. The van der Waals surface area contributed by atoms with Gasteiger partial charge in [0, 0.05) is 12.5 Å². The van der Waals surface area contributed by atoms with Gasteiger partial charge in [-0.05, 0) is 55.2 Å². The molecule has 2 aliphatic heterocycles. The second-order valence-electron chi connectivity index (χ2n) is 7.03. The zero-order chi connectivity index (χ0) is 21.3. The average molecular weight is 423 g/mol. The zero-order valence-electron chi connectivity index (χ0n) is 17.1. The summed E-state index contributed by atoms with van der Waals surface area (Å²) in [6, 6.07) is 9.36. The largest absolute Gasteiger partial charge is 0.402 e. The topological polar surface area (TPSA) is 83.7 Å². The normalized spacial score (nSPS) is 20.3. The summed E-state index contributed by atoms with van der Waals surface area (Å²) in [6.07, 6.45) is 2.37. The summed E-state index contributed by atoms with van der Waals surface area (Å²) in [5.41, 5.74) is 4.25. The van der Waals surface area contributed by atoms with Gasteiger partial charge in [-0.25, -0.2) is 14.8 Å². The van der Waals surface area contributed by atoms with Crippen molar-refractivity contribution in [2.75, 3.05) is 5.75 Å². The van der Waals surface area contributed by atoms with Crippen molar-refractivity contribution in [1.82, 2.24) is 5.01 Å². The molecule has 1 aromatic rings. The molecule has 154 valence electrons. The molecule has 0 aromatic heterocycles. The zero-order valence-corrected chi connectivity index (χ0v) is 18.0. The van der Waals surface area contributed by atoms with Crippen LogP contribution >= 0.6 is 11.8 Å². The molecule has 1 aromatic carbocycles. The molecule has 3 aliphatic rings. The molecule has 0 fully saturated rings. The summed E-state index contributed by atoms with van der Waals surface area (Å²) in [4.78, 5) is 33.8. The molecule has 0 saturated carbocycles. The number of hydrogen-bond donors (Lipinski definition) is 0. The first kappa shape index (κ1) is 20.3. The summed E-state index contributed by atoms with van der Waals surface area (Å²) in [5, 5.41) is 6.49. The van der Waals surface area contributed by atoms with E-state index in [1.807, 2.05) is 44.2 Å². The number of amidine groups is 1. The first-order valence-electron chi connectivity index (χ1n) is 9.90. The number of aliphatic imine (C=N–C) groups is 2. The molecule has 8 heteroatoms. The Bertz CT molecular complexity index is 1070. The van der Waals surface area contributed by atoms with Gasteiger partial charge in [0.1, 0.15) is 0 Å². The van der Waals surface area contributed by atoms with E-state index in [0.29, 0.717) is 16.8 Å². The Kier molecular flexibility index (Phi) is 5.67. The summed E-state index contributed by atoms with van der Waals surface area (Å²) in [5.74, 6) is 0.451. The first-order valence-corrected chi connectivity index (χ1v) is 10.9. The standard InChI is InChI=1S/C22H22N4O3S/c1-4-30-22-24-19-16(11-8-12-17(19)25-26(22)14(3)27)13(2)18-21(28)29-20(23-18)15-9-6-5-7-10-15/h5-7,9-10H,4,8,11-12H2,1-3H3/b18-13+. The summed E-state index contributed by atoms with van der Waals surface area (Å²) in [6.45, 7) is 5.36. The fourth-order valence-electron chi connectivity index (χ4n) is 3.56. The molecule has 0 N–H and O–H groups in total. The molecule has 0 spiro atoms. The maximum atomic E-state index is 12.6. The number of rotatable bonds is 3. The molecule has 1 aliphatic carbocycles. The predicted octanol–water partition coefficient (Wildman–Crippen LogP) is 4.03. The molecule has 4 rings (SSSR count). The maximum Gasteiger partial charge on any atom is 0.364 e. The van der Waals surface area contributed by atoms with E-state index in [1.54, 1.807) is 0 Å². The Morgan fingerprint density at radius 3 is 2.63 bits per heavy atom. The van der Waals surface area contributed by atoms with Crippen LogP contribution in [0, 0.1) is 0 Å². The Hall–Kier alpha value is -3.00. The van der Waals surface area contributed by atoms with Gasteiger partial charge in [-0.2, -0.15) is 10.1 Å². The van der Waals surface area contributed by atoms with E-state index in [9.17, 15) is 9.59 Å². The molecule has 7 nitrogen and oxygen atoms in total. The number of amides is 1. The molecule has 0 saturated heterocycles. The van der Waals surface area contributed by atoms with Gasteiger partial charge in [0.25, 0.3) is 0 Å². The number of nitrogens with zero attached hydrogens (tertiary/aromatic N) is 4. The third kappa shape index (κ3) is 3.75. The maximum absolute atomic E-state index is 12.6. The monoisotopic (exact) mass is 422 g/mol. The third-order valence-electron chi connectivity index (χ3n) is 5.01. The van der Waals surface area contributed by atoms with E-state index in [4.69, 9.17) is 9.73 Å². The van der Waals surface area contributed by atoms with Gasteiger partial charge in [0.05, 0.1) is 11.4 Å². The van der Waals surface area contributed by atoms with E-state index in [1.165, 1.54) is 23.7 Å². The Morgan fingerprint density at radius 1 is 1.17 bits per heavy atom. The molecule has 0 unspecified atom stereocenters. The summed E-state index contributed by atoms with van der Waals surface area (Å²) < 4.78 is 5.42. The van der Waals surface area contributed by atoms with Gasteiger partial charge in [-0.1, -0.05) is 36.9 Å². The van der Waals surface area contributed by atoms with E-state index in [0.717, 1.165) is 53.1 Å². The first-order chi connectivity index (χ1) is 14.5. The van der Waals surface area contributed by atoms with Gasteiger partial charge in [0.15, 0.2) is 10.9 Å². The molecule has 0 atom stereocenters. The number of thioether (sulfide) groups is 1. The number of hydrogen-bond acceptors (Lipinski definition) is 7. The van der Waals surface area contributed by atoms with E-state index < -0.39 is 5.97 Å². The van der Waals surface area contributed by atoms with Gasteiger partial charge in [0.2, 0.25) is 11.8 Å². The highest BCUT2D eigenvalue weighted by Crippen LogP contribution is 2.35. The molecule has 0 bridgehead atoms. The van der Waals surface area contributed by atoms with Crippen molar-refractivity contribution >= 4 is 40.4 Å². The second kappa shape index (κ2) is 8.39. The SMILES string of the molecule is CCSC1=NC2=C(/C(C)=C3/N=C(c4ccccc4)OC3=O)CCCC2=NN1C(C)=O. The highest BCUT2D eigenvalue weighted by molar-refractivity contribution is 8.13. The average Bonchev–Trinajstić information content (AvgIpc) is 3.14. The smallest absolute Gasteiger partial charge is 0.364 e. The van der Waals surface area contributed by atoms with Gasteiger partial charge in [-0.3, -0.25) is 4.79 Å². The van der Waals surface area contributed by atoms with Gasteiger partial charge >= 0.3 is 5.97 Å². The number of fused-ring (bicyclic) bond motifs is 1. The third-order valence-corrected chi connectivity index (χ3v) is 5.82. The number of hydrazone groups is 1. The minimum absolute atomic E-state index is 0.167. The number of cyclic esters (lactones) is 1.